The Bertz CT molecular complexity index is 1470. The number of amides is 1. The van der Waals surface area contributed by atoms with E-state index in [0.717, 1.165) is 11.8 Å². The number of fused-ring (bicyclic) bond motifs is 1. The van der Waals surface area contributed by atoms with Crippen LogP contribution in [0.25, 0.3) is 0 Å². The number of nitrogens with one attached hydrogen (secondary N) is 2. The number of hydrogen-bond donors (Lipinski definition) is 3. The summed E-state index contributed by atoms with van der Waals surface area (Å²) in [6.07, 6.45) is 4.45. The Kier molecular flexibility index (Phi) is 6.76. The van der Waals surface area contributed by atoms with Crippen molar-refractivity contribution in [3.05, 3.63) is 47.5 Å². The fraction of sp³-hybridized carbons (Fsp3) is 0.435. The number of aliphatic hydroxyl groups is 1. The lowest BCUT2D eigenvalue weighted by Gasteiger charge is -2.35. The first kappa shape index (κ1) is 26.9. The van der Waals surface area contributed by atoms with E-state index in [1.807, 2.05) is 20.8 Å². The molecule has 4 rings (SSSR count). The van der Waals surface area contributed by atoms with Crippen molar-refractivity contribution < 1.29 is 27.4 Å². The van der Waals surface area contributed by atoms with Crippen LogP contribution in [0.2, 0.25) is 0 Å². The molecular formula is C23H31N6O6PS. The van der Waals surface area contributed by atoms with Gasteiger partial charge in [-0.25, -0.2) is 8.42 Å². The fourth-order valence-electron chi connectivity index (χ4n) is 4.54. The molecule has 0 fully saturated rings. The Morgan fingerprint density at radius 1 is 1.30 bits per heavy atom. The van der Waals surface area contributed by atoms with Gasteiger partial charge in [0.05, 0.1) is 36.1 Å². The normalized spacial score (nSPS) is 22.1. The molecule has 2 aliphatic heterocycles. The van der Waals surface area contributed by atoms with Crippen molar-refractivity contribution in [3.63, 3.8) is 0 Å². The van der Waals surface area contributed by atoms with Crippen LogP contribution in [0.1, 0.15) is 33.3 Å². The van der Waals surface area contributed by atoms with Crippen LogP contribution in [0.3, 0.4) is 0 Å². The number of nitrogens with zero attached hydrogens (tertiary/aromatic N) is 4. The summed E-state index contributed by atoms with van der Waals surface area (Å²) >= 11 is 0. The highest BCUT2D eigenvalue weighted by Gasteiger charge is 2.48. The van der Waals surface area contributed by atoms with Crippen molar-refractivity contribution in [2.45, 2.75) is 40.3 Å². The van der Waals surface area contributed by atoms with Crippen LogP contribution in [-0.4, -0.2) is 58.9 Å². The monoisotopic (exact) mass is 550 g/mol. The van der Waals surface area contributed by atoms with Gasteiger partial charge in [0.15, 0.2) is 5.84 Å². The molecular weight excluding hydrogens is 519 g/mol. The zero-order valence-corrected chi connectivity index (χ0v) is 23.2. The van der Waals surface area contributed by atoms with E-state index in [-0.39, 0.29) is 41.3 Å². The lowest BCUT2D eigenvalue weighted by molar-refractivity contribution is -0.129. The van der Waals surface area contributed by atoms with Crippen LogP contribution in [0.15, 0.2) is 46.7 Å². The molecule has 1 amide bonds. The van der Waals surface area contributed by atoms with E-state index >= 15 is 0 Å². The number of anilines is 2. The first-order valence-electron chi connectivity index (χ1n) is 11.6. The number of aliphatic hydroxyl groups excluding tert-OH is 1. The summed E-state index contributed by atoms with van der Waals surface area (Å²) in [5, 5.41) is 18.7. The molecule has 0 saturated carbocycles. The number of amidine groups is 1. The SMILES string of the molecule is CCOP1(=O)N=C(C2=C(O)[C@H](C(C)(C)C)N(Cc3cnn(C)c3)C2=O)Nc2ccc(NS(C)(=O)=O)cc21. The molecule has 200 valence electrons. The van der Waals surface area contributed by atoms with Gasteiger partial charge in [0, 0.05) is 31.0 Å². The Morgan fingerprint density at radius 2 is 2.00 bits per heavy atom. The summed E-state index contributed by atoms with van der Waals surface area (Å²) in [5.74, 6) is -0.734. The van der Waals surface area contributed by atoms with Crippen molar-refractivity contribution in [3.8, 4) is 0 Å². The largest absolute Gasteiger partial charge is 0.509 e. The minimum Gasteiger partial charge on any atom is -0.509 e. The maximum atomic E-state index is 13.9. The predicted octanol–water partition coefficient (Wildman–Crippen LogP) is 2.74. The van der Waals surface area contributed by atoms with Crippen molar-refractivity contribution >= 4 is 46.0 Å². The summed E-state index contributed by atoms with van der Waals surface area (Å²) < 4.78 is 51.2. The molecule has 0 radical (unpaired) electrons. The van der Waals surface area contributed by atoms with Crippen LogP contribution < -0.4 is 15.3 Å². The van der Waals surface area contributed by atoms with Gasteiger partial charge in [0.25, 0.3) is 5.91 Å². The third kappa shape index (κ3) is 5.29. The molecule has 2 aromatic rings. The van der Waals surface area contributed by atoms with E-state index in [9.17, 15) is 22.9 Å². The minimum atomic E-state index is -3.94. The van der Waals surface area contributed by atoms with Gasteiger partial charge < -0.3 is 19.8 Å². The molecule has 14 heteroatoms. The number of rotatable bonds is 7. The van der Waals surface area contributed by atoms with Crippen LogP contribution in [0.5, 0.6) is 0 Å². The summed E-state index contributed by atoms with van der Waals surface area (Å²) in [6.45, 7) is 7.63. The third-order valence-electron chi connectivity index (χ3n) is 5.86. The second-order valence-corrected chi connectivity index (χ2v) is 13.8. The topological polar surface area (TPSA) is 155 Å². The van der Waals surface area contributed by atoms with E-state index in [4.69, 9.17) is 4.52 Å². The molecule has 0 aliphatic carbocycles. The van der Waals surface area contributed by atoms with Gasteiger partial charge in [-0.15, -0.1) is 0 Å². The lowest BCUT2D eigenvalue weighted by atomic mass is 9.85. The van der Waals surface area contributed by atoms with Gasteiger partial charge in [-0.1, -0.05) is 20.8 Å². The van der Waals surface area contributed by atoms with E-state index in [1.54, 1.807) is 35.9 Å². The van der Waals surface area contributed by atoms with Crippen molar-refractivity contribution in [2.24, 2.45) is 17.2 Å². The van der Waals surface area contributed by atoms with Crippen LogP contribution >= 0.6 is 7.52 Å². The van der Waals surface area contributed by atoms with Crippen LogP contribution in [0, 0.1) is 5.41 Å². The van der Waals surface area contributed by atoms with Crippen molar-refractivity contribution in [2.75, 3.05) is 22.9 Å². The summed E-state index contributed by atoms with van der Waals surface area (Å²) in [4.78, 5) is 15.3. The second kappa shape index (κ2) is 9.30. The molecule has 1 aromatic carbocycles. The molecule has 0 bridgehead atoms. The number of carbonyl (C=O) groups excluding carboxylic acids is 1. The van der Waals surface area contributed by atoms with E-state index in [2.05, 4.69) is 19.9 Å². The smallest absolute Gasteiger partial charge is 0.348 e. The summed E-state index contributed by atoms with van der Waals surface area (Å²) in [7, 11) is -5.74. The average molecular weight is 551 g/mol. The highest BCUT2D eigenvalue weighted by atomic mass is 32.2. The van der Waals surface area contributed by atoms with Crippen LogP contribution in [0.4, 0.5) is 11.4 Å². The molecule has 37 heavy (non-hydrogen) atoms. The van der Waals surface area contributed by atoms with Crippen molar-refractivity contribution in [1.82, 2.24) is 14.7 Å². The Morgan fingerprint density at radius 3 is 2.57 bits per heavy atom. The van der Waals surface area contributed by atoms with E-state index in [1.165, 1.54) is 18.2 Å². The Hall–Kier alpha value is -3.15. The predicted molar refractivity (Wildman–Crippen MR) is 141 cm³/mol. The van der Waals surface area contributed by atoms with Crippen molar-refractivity contribution in [1.29, 1.82) is 0 Å². The first-order valence-corrected chi connectivity index (χ1v) is 15.1. The third-order valence-corrected chi connectivity index (χ3v) is 8.52. The molecule has 3 heterocycles. The van der Waals surface area contributed by atoms with Gasteiger partial charge in [-0.05, 0) is 30.5 Å². The molecule has 3 N–H and O–H groups in total. The van der Waals surface area contributed by atoms with Gasteiger partial charge in [0.2, 0.25) is 10.0 Å². The highest BCUT2D eigenvalue weighted by molar-refractivity contribution is 7.92. The number of hydrogen-bond acceptors (Lipinski definition) is 8. The Labute approximate surface area is 216 Å². The summed E-state index contributed by atoms with van der Waals surface area (Å²) in [5.41, 5.74) is 0.678. The molecule has 0 saturated heterocycles. The molecule has 1 unspecified atom stereocenters. The highest BCUT2D eigenvalue weighted by Crippen LogP contribution is 2.53. The minimum absolute atomic E-state index is 0.0496. The molecule has 0 spiro atoms. The summed E-state index contributed by atoms with van der Waals surface area (Å²) in [6, 6.07) is 3.73. The average Bonchev–Trinajstić information content (AvgIpc) is 3.27. The first-order chi connectivity index (χ1) is 17.1. The molecule has 1 aromatic heterocycles. The van der Waals surface area contributed by atoms with Crippen LogP contribution in [-0.2, 0) is 37.5 Å². The maximum Gasteiger partial charge on any atom is 0.348 e. The number of sulfonamides is 1. The second-order valence-electron chi connectivity index (χ2n) is 10.1. The molecule has 2 aliphatic rings. The Balaban J connectivity index is 1.79. The van der Waals surface area contributed by atoms with Gasteiger partial charge >= 0.3 is 7.52 Å². The number of carbonyl (C=O) groups is 1. The van der Waals surface area contributed by atoms with Gasteiger partial charge in [0.1, 0.15) is 11.3 Å². The lowest BCUT2D eigenvalue weighted by Crippen LogP contribution is -2.43. The molecule has 12 nitrogen and oxygen atoms in total. The van der Waals surface area contributed by atoms with E-state index in [0.29, 0.717) is 5.69 Å². The quantitative estimate of drug-likeness (QED) is 0.445. The number of aryl methyl sites for hydroxylation is 1. The zero-order valence-electron chi connectivity index (χ0n) is 21.5. The fourth-order valence-corrected chi connectivity index (χ4v) is 6.90. The van der Waals surface area contributed by atoms with Gasteiger partial charge in [-0.3, -0.25) is 18.8 Å². The zero-order chi connectivity index (χ0) is 27.3. The number of aromatic nitrogens is 2. The number of benzene rings is 1. The standard InChI is InChI=1S/C23H31N6O6PS/c1-7-35-36(32)17-10-15(27-37(6,33)34)8-9-16(17)25-21(26-36)18-19(30)20(23(2,3)4)29(22(18)31)13-14-11-24-28(5)12-14/h8-12,20,27,30H,7,13H2,1-6H3,(H,25,26,32)/t20-,36?/m1/s1. The maximum absolute atomic E-state index is 13.9. The van der Waals surface area contributed by atoms with E-state index < -0.39 is 34.9 Å². The van der Waals surface area contributed by atoms with Gasteiger partial charge in [-0.2, -0.15) is 9.86 Å². The molecule has 2 atom stereocenters.